The smallest absolute Gasteiger partial charge is 0.163 e. The summed E-state index contributed by atoms with van der Waals surface area (Å²) in [6, 6.07) is 4.46. The van der Waals surface area contributed by atoms with Gasteiger partial charge in [-0.2, -0.15) is 0 Å². The maximum absolute atomic E-state index is 6.11. The normalized spacial score (nSPS) is 22.9. The molecule has 2 aliphatic rings. The van der Waals surface area contributed by atoms with Gasteiger partial charge in [0.25, 0.3) is 0 Å². The number of ether oxygens (including phenoxy) is 2. The molecule has 4 nitrogen and oxygen atoms in total. The Bertz CT molecular complexity index is 434. The highest BCUT2D eigenvalue weighted by molar-refractivity contribution is 5.74. The number of fused-ring (bicyclic) bond motifs is 1. The summed E-state index contributed by atoms with van der Waals surface area (Å²) in [4.78, 5) is 2.35. The van der Waals surface area contributed by atoms with E-state index in [0.717, 1.165) is 29.4 Å². The largest absolute Gasteiger partial charge is 0.486 e. The summed E-state index contributed by atoms with van der Waals surface area (Å²) in [5, 5.41) is 0. The van der Waals surface area contributed by atoms with E-state index in [2.05, 4.69) is 11.8 Å². The molecule has 2 aliphatic heterocycles. The predicted molar refractivity (Wildman–Crippen MR) is 67.9 cm³/mol. The van der Waals surface area contributed by atoms with Crippen LogP contribution >= 0.6 is 0 Å². The first kappa shape index (κ1) is 10.6. The number of nitrogens with two attached hydrogens (primary N) is 1. The summed E-state index contributed by atoms with van der Waals surface area (Å²) >= 11 is 0. The second-order valence-corrected chi connectivity index (χ2v) is 4.74. The average Bonchev–Trinajstić information content (AvgIpc) is 2.74. The third kappa shape index (κ3) is 1.77. The Balaban J connectivity index is 1.99. The molecule has 1 atom stereocenters. The zero-order chi connectivity index (χ0) is 11.8. The van der Waals surface area contributed by atoms with Crippen molar-refractivity contribution in [2.24, 2.45) is 0 Å². The molecular formula is C13H18N2O2. The highest BCUT2D eigenvalue weighted by Gasteiger charge is 2.24. The Morgan fingerprint density at radius 2 is 1.94 bits per heavy atom. The third-order valence-corrected chi connectivity index (χ3v) is 3.55. The Morgan fingerprint density at radius 1 is 1.24 bits per heavy atom. The molecule has 1 unspecified atom stereocenters. The summed E-state index contributed by atoms with van der Waals surface area (Å²) < 4.78 is 11.1. The molecule has 2 heterocycles. The molecule has 0 aliphatic carbocycles. The highest BCUT2D eigenvalue weighted by atomic mass is 16.6. The number of anilines is 2. The van der Waals surface area contributed by atoms with Crippen molar-refractivity contribution >= 4 is 11.4 Å². The van der Waals surface area contributed by atoms with Crippen molar-refractivity contribution < 1.29 is 9.47 Å². The Hall–Kier alpha value is -1.58. The molecule has 1 fully saturated rings. The van der Waals surface area contributed by atoms with Crippen molar-refractivity contribution in [3.63, 3.8) is 0 Å². The van der Waals surface area contributed by atoms with E-state index in [-0.39, 0.29) is 0 Å². The molecule has 0 radical (unpaired) electrons. The Morgan fingerprint density at radius 3 is 2.59 bits per heavy atom. The second-order valence-electron chi connectivity index (χ2n) is 4.74. The van der Waals surface area contributed by atoms with Gasteiger partial charge in [0.05, 0.1) is 11.4 Å². The molecule has 0 aromatic heterocycles. The van der Waals surface area contributed by atoms with Crippen molar-refractivity contribution in [1.82, 2.24) is 0 Å². The monoisotopic (exact) mass is 234 g/mol. The van der Waals surface area contributed by atoms with Crippen molar-refractivity contribution in [3.8, 4) is 11.5 Å². The lowest BCUT2D eigenvalue weighted by molar-refractivity contribution is 0.172. The van der Waals surface area contributed by atoms with E-state index in [1.165, 1.54) is 12.8 Å². The van der Waals surface area contributed by atoms with Gasteiger partial charge in [0.1, 0.15) is 13.2 Å². The van der Waals surface area contributed by atoms with Crippen LogP contribution < -0.4 is 20.1 Å². The number of nitrogens with zero attached hydrogens (tertiary/aromatic N) is 1. The van der Waals surface area contributed by atoms with Crippen LogP contribution in [0.1, 0.15) is 19.8 Å². The number of hydrogen-bond donors (Lipinski definition) is 1. The van der Waals surface area contributed by atoms with Crippen molar-refractivity contribution in [2.75, 3.05) is 30.4 Å². The van der Waals surface area contributed by atoms with Crippen LogP contribution in [0.2, 0.25) is 0 Å². The zero-order valence-corrected chi connectivity index (χ0v) is 10.1. The quantitative estimate of drug-likeness (QED) is 0.755. The Kier molecular flexibility index (Phi) is 2.50. The van der Waals surface area contributed by atoms with Gasteiger partial charge in [-0.1, -0.05) is 0 Å². The minimum atomic E-state index is 0.555. The van der Waals surface area contributed by atoms with Gasteiger partial charge in [-0.15, -0.1) is 0 Å². The molecule has 0 bridgehead atoms. The van der Waals surface area contributed by atoms with Crippen molar-refractivity contribution in [3.05, 3.63) is 12.1 Å². The van der Waals surface area contributed by atoms with E-state index in [9.17, 15) is 0 Å². The van der Waals surface area contributed by atoms with Gasteiger partial charge in [0.2, 0.25) is 0 Å². The fraction of sp³-hybridized carbons (Fsp3) is 0.538. The molecule has 0 amide bonds. The van der Waals surface area contributed by atoms with Gasteiger partial charge >= 0.3 is 0 Å². The molecule has 3 rings (SSSR count). The number of rotatable bonds is 1. The van der Waals surface area contributed by atoms with Gasteiger partial charge in [-0.25, -0.2) is 0 Å². The van der Waals surface area contributed by atoms with Crippen LogP contribution in [0.4, 0.5) is 11.4 Å². The molecule has 2 N–H and O–H groups in total. The number of nitrogen functional groups attached to an aromatic ring is 1. The Labute approximate surface area is 101 Å². The van der Waals surface area contributed by atoms with Crippen LogP contribution in [0.5, 0.6) is 11.5 Å². The van der Waals surface area contributed by atoms with E-state index in [4.69, 9.17) is 15.2 Å². The standard InChI is InChI=1S/C13H18N2O2/c1-9-3-2-4-15(9)11-8-13-12(7-10(11)14)16-5-6-17-13/h7-9H,2-6,14H2,1H3. The van der Waals surface area contributed by atoms with Crippen LogP contribution in [-0.4, -0.2) is 25.8 Å². The van der Waals surface area contributed by atoms with Crippen LogP contribution in [0.25, 0.3) is 0 Å². The van der Waals surface area contributed by atoms with Crippen LogP contribution in [-0.2, 0) is 0 Å². The van der Waals surface area contributed by atoms with Crippen LogP contribution in [0.15, 0.2) is 12.1 Å². The molecule has 92 valence electrons. The first-order valence-corrected chi connectivity index (χ1v) is 6.21. The minimum Gasteiger partial charge on any atom is -0.486 e. The van der Waals surface area contributed by atoms with E-state index >= 15 is 0 Å². The van der Waals surface area contributed by atoms with Gasteiger partial charge in [0, 0.05) is 24.7 Å². The summed E-state index contributed by atoms with van der Waals surface area (Å²) in [6.45, 7) is 4.53. The minimum absolute atomic E-state index is 0.555. The first-order chi connectivity index (χ1) is 8.25. The molecule has 0 saturated carbocycles. The van der Waals surface area contributed by atoms with Gasteiger partial charge < -0.3 is 20.1 Å². The van der Waals surface area contributed by atoms with Gasteiger partial charge in [0.15, 0.2) is 11.5 Å². The highest BCUT2D eigenvalue weighted by Crippen LogP contribution is 2.40. The molecule has 4 heteroatoms. The lowest BCUT2D eigenvalue weighted by Gasteiger charge is -2.27. The fourth-order valence-corrected chi connectivity index (χ4v) is 2.63. The molecular weight excluding hydrogens is 216 g/mol. The molecule has 0 spiro atoms. The summed E-state index contributed by atoms with van der Waals surface area (Å²) in [6.07, 6.45) is 2.46. The number of benzene rings is 1. The second kappa shape index (κ2) is 4.02. The van der Waals surface area contributed by atoms with Gasteiger partial charge in [-0.3, -0.25) is 0 Å². The van der Waals surface area contributed by atoms with Gasteiger partial charge in [-0.05, 0) is 19.8 Å². The van der Waals surface area contributed by atoms with Crippen LogP contribution in [0, 0.1) is 0 Å². The lowest BCUT2D eigenvalue weighted by Crippen LogP contribution is -2.27. The average molecular weight is 234 g/mol. The summed E-state index contributed by atoms with van der Waals surface area (Å²) in [7, 11) is 0. The molecule has 1 aromatic rings. The van der Waals surface area contributed by atoms with E-state index in [1.807, 2.05) is 12.1 Å². The fourth-order valence-electron chi connectivity index (χ4n) is 2.63. The van der Waals surface area contributed by atoms with Crippen molar-refractivity contribution in [1.29, 1.82) is 0 Å². The third-order valence-electron chi connectivity index (χ3n) is 3.55. The summed E-state index contributed by atoms with van der Waals surface area (Å²) in [5.74, 6) is 1.59. The zero-order valence-electron chi connectivity index (χ0n) is 10.1. The maximum Gasteiger partial charge on any atom is 0.163 e. The predicted octanol–water partition coefficient (Wildman–Crippen LogP) is 2.03. The van der Waals surface area contributed by atoms with Crippen LogP contribution in [0.3, 0.4) is 0 Å². The molecule has 1 saturated heterocycles. The first-order valence-electron chi connectivity index (χ1n) is 6.21. The van der Waals surface area contributed by atoms with E-state index < -0.39 is 0 Å². The maximum atomic E-state index is 6.11. The topological polar surface area (TPSA) is 47.7 Å². The lowest BCUT2D eigenvalue weighted by atomic mass is 10.2. The van der Waals surface area contributed by atoms with E-state index in [1.54, 1.807) is 0 Å². The van der Waals surface area contributed by atoms with E-state index in [0.29, 0.717) is 19.3 Å². The number of hydrogen-bond acceptors (Lipinski definition) is 4. The SMILES string of the molecule is CC1CCCN1c1cc2c(cc1N)OCCO2. The molecule has 1 aromatic carbocycles. The summed E-state index contributed by atoms with van der Waals surface area (Å²) in [5.41, 5.74) is 7.97. The molecule has 17 heavy (non-hydrogen) atoms. The van der Waals surface area contributed by atoms with Crippen molar-refractivity contribution in [2.45, 2.75) is 25.8 Å².